The maximum absolute atomic E-state index is 12.3. The smallest absolute Gasteiger partial charge is 0.265 e. The summed E-state index contributed by atoms with van der Waals surface area (Å²) in [6.07, 6.45) is -2.54. The molecule has 0 atom stereocenters. The second kappa shape index (κ2) is 4.13. The van der Waals surface area contributed by atoms with Crippen LogP contribution < -0.4 is 10.5 Å². The summed E-state index contributed by atoms with van der Waals surface area (Å²) in [6.45, 7) is -0.0170. The van der Waals surface area contributed by atoms with E-state index in [4.69, 9.17) is 10.5 Å². The summed E-state index contributed by atoms with van der Waals surface area (Å²) in [5.74, 6) is 0.296. The van der Waals surface area contributed by atoms with E-state index >= 15 is 0 Å². The molecule has 1 heterocycles. The quantitative estimate of drug-likeness (QED) is 0.781. The number of hydrogen-bond acceptors (Lipinski definition) is 3. The molecule has 13 heavy (non-hydrogen) atoms. The van der Waals surface area contributed by atoms with E-state index in [0.717, 1.165) is 0 Å². The highest BCUT2D eigenvalue weighted by Gasteiger charge is 2.13. The van der Waals surface area contributed by atoms with Crippen molar-refractivity contribution in [2.75, 3.05) is 7.11 Å². The molecule has 0 radical (unpaired) electrons. The summed E-state index contributed by atoms with van der Waals surface area (Å²) >= 11 is 0. The number of aromatic nitrogens is 1. The Balaban J connectivity index is 3.08. The Morgan fingerprint density at radius 1 is 1.54 bits per heavy atom. The van der Waals surface area contributed by atoms with Gasteiger partial charge in [0.05, 0.1) is 12.8 Å². The topological polar surface area (TPSA) is 48.1 Å². The average Bonchev–Trinajstić information content (AvgIpc) is 2.16. The molecule has 0 unspecified atom stereocenters. The summed E-state index contributed by atoms with van der Waals surface area (Å²) in [6, 6.07) is 2.67. The van der Waals surface area contributed by atoms with Crippen molar-refractivity contribution in [3.05, 3.63) is 23.4 Å². The monoisotopic (exact) mass is 188 g/mol. The number of nitrogens with zero attached hydrogens (tertiary/aromatic N) is 1. The lowest BCUT2D eigenvalue weighted by molar-refractivity contribution is 0.149. The van der Waals surface area contributed by atoms with Crippen LogP contribution in [-0.4, -0.2) is 12.1 Å². The van der Waals surface area contributed by atoms with Crippen LogP contribution in [0.3, 0.4) is 0 Å². The number of rotatable bonds is 3. The van der Waals surface area contributed by atoms with Crippen molar-refractivity contribution in [1.29, 1.82) is 0 Å². The molecule has 0 spiro atoms. The van der Waals surface area contributed by atoms with E-state index in [1.807, 2.05) is 0 Å². The summed E-state index contributed by atoms with van der Waals surface area (Å²) < 4.78 is 29.4. The molecule has 0 fully saturated rings. The second-order valence-corrected chi connectivity index (χ2v) is 2.39. The number of methoxy groups -OCH3 is 1. The Labute approximate surface area is 74.5 Å². The van der Waals surface area contributed by atoms with Crippen LogP contribution in [0.5, 0.6) is 5.88 Å². The van der Waals surface area contributed by atoms with E-state index in [1.165, 1.54) is 19.2 Å². The molecule has 0 saturated heterocycles. The third kappa shape index (κ3) is 2.12. The molecule has 72 valence electrons. The van der Waals surface area contributed by atoms with Gasteiger partial charge in [0.25, 0.3) is 6.43 Å². The average molecular weight is 188 g/mol. The largest absolute Gasteiger partial charge is 0.481 e. The first-order valence-corrected chi connectivity index (χ1v) is 3.71. The lowest BCUT2D eigenvalue weighted by atomic mass is 10.2. The zero-order valence-electron chi connectivity index (χ0n) is 7.13. The second-order valence-electron chi connectivity index (χ2n) is 2.39. The van der Waals surface area contributed by atoms with Gasteiger partial charge in [-0.2, -0.15) is 0 Å². The molecule has 1 rings (SSSR count). The molecule has 0 aliphatic carbocycles. The molecule has 1 aromatic rings. The van der Waals surface area contributed by atoms with Crippen LogP contribution in [0.15, 0.2) is 12.1 Å². The first-order chi connectivity index (χ1) is 6.19. The minimum atomic E-state index is -2.54. The SMILES string of the molecule is COc1ccc(C(F)F)c(CN)n1. The van der Waals surface area contributed by atoms with E-state index in [1.54, 1.807) is 0 Å². The lowest BCUT2D eigenvalue weighted by Crippen LogP contribution is -2.05. The molecule has 0 bridgehead atoms. The van der Waals surface area contributed by atoms with Crippen LogP contribution >= 0.6 is 0 Å². The van der Waals surface area contributed by atoms with Gasteiger partial charge in [-0.3, -0.25) is 0 Å². The van der Waals surface area contributed by atoms with Gasteiger partial charge in [0, 0.05) is 18.2 Å². The highest BCUT2D eigenvalue weighted by Crippen LogP contribution is 2.23. The van der Waals surface area contributed by atoms with Crippen molar-refractivity contribution in [3.8, 4) is 5.88 Å². The van der Waals surface area contributed by atoms with Gasteiger partial charge in [-0.1, -0.05) is 0 Å². The third-order valence-electron chi connectivity index (χ3n) is 1.62. The van der Waals surface area contributed by atoms with Gasteiger partial charge < -0.3 is 10.5 Å². The van der Waals surface area contributed by atoms with Crippen LogP contribution in [0.1, 0.15) is 17.7 Å². The zero-order valence-corrected chi connectivity index (χ0v) is 7.13. The molecule has 0 aromatic carbocycles. The van der Waals surface area contributed by atoms with Crippen LogP contribution in [0.4, 0.5) is 8.78 Å². The number of halogens is 2. The van der Waals surface area contributed by atoms with Crippen LogP contribution in [-0.2, 0) is 6.54 Å². The van der Waals surface area contributed by atoms with Crippen molar-refractivity contribution < 1.29 is 13.5 Å². The van der Waals surface area contributed by atoms with Crippen LogP contribution in [0, 0.1) is 0 Å². The van der Waals surface area contributed by atoms with Gasteiger partial charge in [0.15, 0.2) is 0 Å². The fourth-order valence-electron chi connectivity index (χ4n) is 0.968. The van der Waals surface area contributed by atoms with E-state index in [-0.39, 0.29) is 17.8 Å². The Morgan fingerprint density at radius 3 is 2.69 bits per heavy atom. The van der Waals surface area contributed by atoms with Crippen molar-refractivity contribution in [3.63, 3.8) is 0 Å². The summed E-state index contributed by atoms with van der Waals surface area (Å²) in [4.78, 5) is 3.80. The van der Waals surface area contributed by atoms with Gasteiger partial charge in [0.2, 0.25) is 5.88 Å². The number of pyridine rings is 1. The van der Waals surface area contributed by atoms with Crippen molar-refractivity contribution in [2.24, 2.45) is 5.73 Å². The Kier molecular flexibility index (Phi) is 3.13. The Morgan fingerprint density at radius 2 is 2.23 bits per heavy atom. The van der Waals surface area contributed by atoms with Gasteiger partial charge in [-0.25, -0.2) is 13.8 Å². The van der Waals surface area contributed by atoms with Gasteiger partial charge in [-0.05, 0) is 6.07 Å². The van der Waals surface area contributed by atoms with Gasteiger partial charge in [-0.15, -0.1) is 0 Å². The highest BCUT2D eigenvalue weighted by atomic mass is 19.3. The highest BCUT2D eigenvalue weighted by molar-refractivity contribution is 5.26. The van der Waals surface area contributed by atoms with Crippen LogP contribution in [0.25, 0.3) is 0 Å². The summed E-state index contributed by atoms with van der Waals surface area (Å²) in [5, 5.41) is 0. The van der Waals surface area contributed by atoms with E-state index in [2.05, 4.69) is 4.98 Å². The van der Waals surface area contributed by atoms with Gasteiger partial charge >= 0.3 is 0 Å². The van der Waals surface area contributed by atoms with Crippen molar-refractivity contribution in [2.45, 2.75) is 13.0 Å². The Bertz CT molecular complexity index is 291. The first-order valence-electron chi connectivity index (χ1n) is 3.71. The van der Waals surface area contributed by atoms with Crippen LogP contribution in [0.2, 0.25) is 0 Å². The maximum Gasteiger partial charge on any atom is 0.265 e. The van der Waals surface area contributed by atoms with Gasteiger partial charge in [0.1, 0.15) is 0 Å². The number of alkyl halides is 2. The molecular formula is C8H10F2N2O. The predicted molar refractivity (Wildman–Crippen MR) is 43.6 cm³/mol. The van der Waals surface area contributed by atoms with E-state index < -0.39 is 6.43 Å². The minimum absolute atomic E-state index is 0.0170. The fourth-order valence-corrected chi connectivity index (χ4v) is 0.968. The first kappa shape index (κ1) is 9.85. The molecule has 0 aliphatic rings. The molecule has 1 aromatic heterocycles. The number of hydrogen-bond donors (Lipinski definition) is 1. The number of ether oxygens (including phenoxy) is 1. The Hall–Kier alpha value is -1.23. The molecule has 0 saturated carbocycles. The molecule has 5 heteroatoms. The molecular weight excluding hydrogens is 178 g/mol. The normalized spacial score (nSPS) is 10.5. The van der Waals surface area contributed by atoms with Crippen molar-refractivity contribution in [1.82, 2.24) is 4.98 Å². The molecule has 0 amide bonds. The standard InChI is InChI=1S/C8H10F2N2O/c1-13-7-3-2-5(8(9)10)6(4-11)12-7/h2-3,8H,4,11H2,1H3. The van der Waals surface area contributed by atoms with E-state index in [9.17, 15) is 8.78 Å². The lowest BCUT2D eigenvalue weighted by Gasteiger charge is -2.07. The summed E-state index contributed by atoms with van der Waals surface area (Å²) in [5.41, 5.74) is 5.30. The van der Waals surface area contributed by atoms with E-state index in [0.29, 0.717) is 5.88 Å². The minimum Gasteiger partial charge on any atom is -0.481 e. The molecule has 2 N–H and O–H groups in total. The molecule has 0 aliphatic heterocycles. The fraction of sp³-hybridized carbons (Fsp3) is 0.375. The summed E-state index contributed by atoms with van der Waals surface area (Å²) in [7, 11) is 1.42. The zero-order chi connectivity index (χ0) is 9.84. The predicted octanol–water partition coefficient (Wildman–Crippen LogP) is 1.49. The van der Waals surface area contributed by atoms with Crippen molar-refractivity contribution >= 4 is 0 Å². The third-order valence-corrected chi connectivity index (χ3v) is 1.62. The maximum atomic E-state index is 12.3. The number of nitrogens with two attached hydrogens (primary N) is 1. The molecule has 3 nitrogen and oxygen atoms in total.